The average Bonchev–Trinajstić information content (AvgIpc) is 3.14. The Balaban J connectivity index is 1.38. The zero-order chi connectivity index (χ0) is 18.1. The highest BCUT2D eigenvalue weighted by Gasteiger charge is 2.30. The van der Waals surface area contributed by atoms with Crippen LogP contribution in [0.25, 0.3) is 0 Å². The Hall–Kier alpha value is -1.71. The molecule has 1 aromatic carbocycles. The minimum absolute atomic E-state index is 0.105. The maximum Gasteiger partial charge on any atom is 0.277 e. The number of nitrogens with zero attached hydrogens (tertiary/aromatic N) is 3. The molecule has 7 nitrogen and oxygen atoms in total. The molecule has 0 bridgehead atoms. The lowest BCUT2D eigenvalue weighted by Crippen LogP contribution is -2.27. The lowest BCUT2D eigenvalue weighted by molar-refractivity contribution is 0.102. The first kappa shape index (κ1) is 17.7. The van der Waals surface area contributed by atoms with Gasteiger partial charge in [0, 0.05) is 24.6 Å². The normalized spacial score (nSPS) is 18.3. The number of rotatable bonds is 7. The molecule has 0 atom stereocenters. The number of aromatic nitrogens is 2. The van der Waals surface area contributed by atoms with Crippen molar-refractivity contribution in [2.75, 3.05) is 18.8 Å². The van der Waals surface area contributed by atoms with E-state index in [2.05, 4.69) is 10.2 Å². The van der Waals surface area contributed by atoms with E-state index in [1.807, 2.05) is 0 Å². The Bertz CT molecular complexity index is 898. The molecular formula is C17H19N3O4S2. The van der Waals surface area contributed by atoms with Gasteiger partial charge in [-0.1, -0.05) is 23.9 Å². The molecule has 1 saturated heterocycles. The molecule has 138 valence electrons. The summed E-state index contributed by atoms with van der Waals surface area (Å²) in [6.45, 7) is 1.12. The molecule has 1 aliphatic carbocycles. The molecule has 2 aliphatic rings. The van der Waals surface area contributed by atoms with Crippen LogP contribution >= 0.6 is 11.8 Å². The van der Waals surface area contributed by atoms with Gasteiger partial charge in [0.1, 0.15) is 0 Å². The number of Topliss-reactive ketones (excluding diaryl/α,β-unsaturated/α-hetero) is 1. The Morgan fingerprint density at radius 1 is 1.15 bits per heavy atom. The van der Waals surface area contributed by atoms with Crippen LogP contribution in [0.4, 0.5) is 0 Å². The summed E-state index contributed by atoms with van der Waals surface area (Å²) >= 11 is 1.20. The summed E-state index contributed by atoms with van der Waals surface area (Å²) in [4.78, 5) is 12.5. The molecule has 2 heterocycles. The van der Waals surface area contributed by atoms with Gasteiger partial charge < -0.3 is 4.42 Å². The minimum atomic E-state index is -3.45. The number of benzene rings is 1. The lowest BCUT2D eigenvalue weighted by atomic mass is 10.1. The van der Waals surface area contributed by atoms with Gasteiger partial charge in [0.05, 0.1) is 10.6 Å². The monoisotopic (exact) mass is 393 g/mol. The fourth-order valence-electron chi connectivity index (χ4n) is 2.87. The Kier molecular flexibility index (Phi) is 4.85. The van der Waals surface area contributed by atoms with Crippen molar-refractivity contribution in [3.8, 4) is 0 Å². The van der Waals surface area contributed by atoms with Crippen LogP contribution in [-0.2, 0) is 10.0 Å². The van der Waals surface area contributed by atoms with Crippen LogP contribution < -0.4 is 0 Å². The van der Waals surface area contributed by atoms with Crippen LogP contribution in [0.3, 0.4) is 0 Å². The minimum Gasteiger partial charge on any atom is -0.416 e. The molecule has 4 rings (SSSR count). The van der Waals surface area contributed by atoms with Crippen molar-refractivity contribution in [2.24, 2.45) is 0 Å². The average molecular weight is 393 g/mol. The number of sulfonamides is 1. The summed E-state index contributed by atoms with van der Waals surface area (Å²) in [5, 5.41) is 8.32. The van der Waals surface area contributed by atoms with Crippen molar-refractivity contribution < 1.29 is 17.6 Å². The van der Waals surface area contributed by atoms with Crippen LogP contribution in [-0.4, -0.2) is 47.5 Å². The summed E-state index contributed by atoms with van der Waals surface area (Å²) in [6, 6.07) is 6.14. The second-order valence-electron chi connectivity index (χ2n) is 6.53. The van der Waals surface area contributed by atoms with Crippen molar-refractivity contribution in [3.05, 3.63) is 35.7 Å². The number of hydrogen-bond donors (Lipinski definition) is 0. The van der Waals surface area contributed by atoms with Gasteiger partial charge >= 0.3 is 0 Å². The van der Waals surface area contributed by atoms with Crippen molar-refractivity contribution in [3.63, 3.8) is 0 Å². The van der Waals surface area contributed by atoms with Gasteiger partial charge in [0.15, 0.2) is 5.78 Å². The number of carbonyl (C=O) groups excluding carboxylic acids is 1. The molecule has 2 aromatic rings. The first-order valence-corrected chi connectivity index (χ1v) is 11.1. The SMILES string of the molecule is O=C(CSc1nnc(C2CC2)o1)c1ccc(S(=O)(=O)N2CCCC2)cc1. The first-order valence-electron chi connectivity index (χ1n) is 8.63. The molecule has 9 heteroatoms. The van der Waals surface area contributed by atoms with Gasteiger partial charge in [-0.05, 0) is 37.8 Å². The lowest BCUT2D eigenvalue weighted by Gasteiger charge is -2.15. The van der Waals surface area contributed by atoms with E-state index in [0.717, 1.165) is 25.7 Å². The van der Waals surface area contributed by atoms with Crippen molar-refractivity contribution in [2.45, 2.75) is 41.7 Å². The third-order valence-corrected chi connectivity index (χ3v) is 7.29. The first-order chi connectivity index (χ1) is 12.5. The van der Waals surface area contributed by atoms with Crippen molar-refractivity contribution in [1.29, 1.82) is 0 Å². The summed E-state index contributed by atoms with van der Waals surface area (Å²) in [5.41, 5.74) is 0.472. The molecule has 0 N–H and O–H groups in total. The predicted molar refractivity (Wildman–Crippen MR) is 95.8 cm³/mol. The van der Waals surface area contributed by atoms with Crippen LogP contribution in [0, 0.1) is 0 Å². The van der Waals surface area contributed by atoms with Crippen molar-refractivity contribution in [1.82, 2.24) is 14.5 Å². The summed E-state index contributed by atoms with van der Waals surface area (Å²) < 4.78 is 32.0. The second-order valence-corrected chi connectivity index (χ2v) is 9.39. The van der Waals surface area contributed by atoms with Gasteiger partial charge in [-0.25, -0.2) is 8.42 Å². The van der Waals surface area contributed by atoms with Gasteiger partial charge in [-0.3, -0.25) is 4.79 Å². The van der Waals surface area contributed by atoms with Crippen molar-refractivity contribution >= 4 is 27.6 Å². The number of carbonyl (C=O) groups is 1. The van der Waals surface area contributed by atoms with E-state index in [-0.39, 0.29) is 16.4 Å². The van der Waals surface area contributed by atoms with E-state index in [1.54, 1.807) is 12.1 Å². The standard InChI is InChI=1S/C17H19N3O4S2/c21-15(11-25-17-19-18-16(24-17)13-3-4-13)12-5-7-14(8-6-12)26(22,23)20-9-1-2-10-20/h5-8,13H,1-4,9-11H2. The summed E-state index contributed by atoms with van der Waals surface area (Å²) in [7, 11) is -3.45. The van der Waals surface area contributed by atoms with Gasteiger partial charge in [-0.15, -0.1) is 10.2 Å². The molecule has 2 fully saturated rings. The van der Waals surface area contributed by atoms with Gasteiger partial charge in [0.2, 0.25) is 15.9 Å². The van der Waals surface area contributed by atoms with Crippen LogP contribution in [0.5, 0.6) is 0 Å². The highest BCUT2D eigenvalue weighted by Crippen LogP contribution is 2.39. The zero-order valence-corrected chi connectivity index (χ0v) is 15.8. The summed E-state index contributed by atoms with van der Waals surface area (Å²) in [5.74, 6) is 1.10. The molecular weight excluding hydrogens is 374 g/mol. The number of thioether (sulfide) groups is 1. The number of hydrogen-bond acceptors (Lipinski definition) is 7. The molecule has 1 saturated carbocycles. The smallest absolute Gasteiger partial charge is 0.277 e. The summed E-state index contributed by atoms with van der Waals surface area (Å²) in [6.07, 6.45) is 3.95. The molecule has 0 radical (unpaired) electrons. The fraction of sp³-hybridized carbons (Fsp3) is 0.471. The van der Waals surface area contributed by atoms with Gasteiger partial charge in [0.25, 0.3) is 5.22 Å². The third kappa shape index (κ3) is 3.70. The molecule has 26 heavy (non-hydrogen) atoms. The van der Waals surface area contributed by atoms with Gasteiger partial charge in [-0.2, -0.15) is 4.31 Å². The maximum atomic E-state index is 12.5. The van der Waals surface area contributed by atoms with E-state index < -0.39 is 10.0 Å². The Labute approximate surface area is 156 Å². The van der Waals surface area contributed by atoms with E-state index >= 15 is 0 Å². The van der Waals surface area contributed by atoms with Crippen LogP contribution in [0.2, 0.25) is 0 Å². The van der Waals surface area contributed by atoms with Crippen LogP contribution in [0.15, 0.2) is 38.8 Å². The highest BCUT2D eigenvalue weighted by atomic mass is 32.2. The number of ketones is 1. The van der Waals surface area contributed by atoms with Crippen LogP contribution in [0.1, 0.15) is 47.8 Å². The zero-order valence-electron chi connectivity index (χ0n) is 14.1. The molecule has 1 aromatic heterocycles. The second kappa shape index (κ2) is 7.13. The van der Waals surface area contributed by atoms with E-state index in [9.17, 15) is 13.2 Å². The topological polar surface area (TPSA) is 93.4 Å². The largest absolute Gasteiger partial charge is 0.416 e. The fourth-order valence-corrected chi connectivity index (χ4v) is 5.06. The maximum absolute atomic E-state index is 12.5. The van der Waals surface area contributed by atoms with E-state index in [0.29, 0.717) is 35.7 Å². The predicted octanol–water partition coefficient (Wildman–Crippen LogP) is 2.71. The molecule has 0 spiro atoms. The molecule has 1 aliphatic heterocycles. The molecule has 0 unspecified atom stereocenters. The Morgan fingerprint density at radius 3 is 2.50 bits per heavy atom. The third-order valence-electron chi connectivity index (χ3n) is 4.55. The van der Waals surface area contributed by atoms with E-state index in [1.165, 1.54) is 28.2 Å². The van der Waals surface area contributed by atoms with E-state index in [4.69, 9.17) is 4.42 Å². The molecule has 0 amide bonds. The highest BCUT2D eigenvalue weighted by molar-refractivity contribution is 7.99. The quantitative estimate of drug-likeness (QED) is 0.527. The Morgan fingerprint density at radius 2 is 1.85 bits per heavy atom.